The highest BCUT2D eigenvalue weighted by Crippen LogP contribution is 2.40. The smallest absolute Gasteiger partial charge is 0.0991 e. The fourth-order valence-corrected chi connectivity index (χ4v) is 5.02. The molecule has 0 bridgehead atoms. The molecule has 31 heavy (non-hydrogen) atoms. The first-order valence-electron chi connectivity index (χ1n) is 11.2. The van der Waals surface area contributed by atoms with Crippen molar-refractivity contribution in [2.75, 3.05) is 0 Å². The van der Waals surface area contributed by atoms with Crippen LogP contribution in [0.5, 0.6) is 0 Å². The molecule has 1 aliphatic rings. The number of halogens is 1. The van der Waals surface area contributed by atoms with Crippen molar-refractivity contribution in [3.63, 3.8) is 0 Å². The first-order valence-corrected chi connectivity index (χ1v) is 12.0. The van der Waals surface area contributed by atoms with Crippen LogP contribution in [-0.4, -0.2) is 0 Å². The molecule has 0 spiro atoms. The molecular weight excluding hydrogens is 442 g/mol. The molecule has 3 aromatic carbocycles. The lowest BCUT2D eigenvalue weighted by Gasteiger charge is -2.31. The molecule has 0 unspecified atom stereocenters. The van der Waals surface area contributed by atoms with Gasteiger partial charge in [-0.05, 0) is 84.0 Å². The molecule has 0 radical (unpaired) electrons. The number of benzene rings is 3. The maximum atomic E-state index is 9.00. The van der Waals surface area contributed by atoms with Crippen molar-refractivity contribution in [2.45, 2.75) is 38.5 Å². The Hall–Kier alpha value is -2.63. The molecule has 1 aliphatic carbocycles. The Morgan fingerprint density at radius 1 is 0.935 bits per heavy atom. The average molecular weight is 470 g/mol. The highest BCUT2D eigenvalue weighted by atomic mass is 79.9. The summed E-state index contributed by atoms with van der Waals surface area (Å²) in [5.41, 5.74) is 6.17. The Morgan fingerprint density at radius 2 is 1.68 bits per heavy atom. The van der Waals surface area contributed by atoms with Gasteiger partial charge in [-0.1, -0.05) is 89.4 Å². The Labute approximate surface area is 194 Å². The quantitative estimate of drug-likeness (QED) is 0.333. The number of hydrogen-bond donors (Lipinski definition) is 0. The highest BCUT2D eigenvalue weighted by molar-refractivity contribution is 9.10. The molecule has 156 valence electrons. The van der Waals surface area contributed by atoms with Crippen LogP contribution in [0.2, 0.25) is 0 Å². The van der Waals surface area contributed by atoms with Crippen molar-refractivity contribution < 1.29 is 0 Å². The van der Waals surface area contributed by atoms with Crippen molar-refractivity contribution in [3.8, 4) is 6.07 Å². The van der Waals surface area contributed by atoms with E-state index < -0.39 is 0 Å². The number of rotatable bonds is 6. The van der Waals surface area contributed by atoms with Gasteiger partial charge < -0.3 is 0 Å². The Balaban J connectivity index is 1.50. The van der Waals surface area contributed by atoms with Crippen LogP contribution in [0.25, 0.3) is 11.6 Å². The number of allylic oxidation sites excluding steroid dienone is 1. The average Bonchev–Trinajstić information content (AvgIpc) is 2.83. The molecule has 1 fully saturated rings. The summed E-state index contributed by atoms with van der Waals surface area (Å²) in [6.45, 7) is 0. The molecule has 2 heteroatoms. The lowest BCUT2D eigenvalue weighted by Crippen LogP contribution is -2.17. The normalized spacial score (nSPS) is 19.0. The topological polar surface area (TPSA) is 23.8 Å². The maximum absolute atomic E-state index is 9.00. The number of nitrogens with zero attached hydrogens (tertiary/aromatic N) is 1. The summed E-state index contributed by atoms with van der Waals surface area (Å²) in [5.74, 6) is 1.35. The zero-order chi connectivity index (χ0) is 21.5. The molecule has 2 atom stereocenters. The van der Waals surface area contributed by atoms with Crippen LogP contribution in [0.3, 0.4) is 0 Å². The van der Waals surface area contributed by atoms with E-state index in [1.165, 1.54) is 54.4 Å². The largest absolute Gasteiger partial charge is 0.192 e. The zero-order valence-electron chi connectivity index (χ0n) is 17.8. The van der Waals surface area contributed by atoms with Gasteiger partial charge in [0.25, 0.3) is 0 Å². The summed E-state index contributed by atoms with van der Waals surface area (Å²) in [7, 11) is 0. The predicted molar refractivity (Wildman–Crippen MR) is 133 cm³/mol. The van der Waals surface area contributed by atoms with Gasteiger partial charge in [-0.3, -0.25) is 0 Å². The molecule has 4 rings (SSSR count). The van der Waals surface area contributed by atoms with Gasteiger partial charge in [0.05, 0.1) is 11.6 Å². The Bertz CT molecular complexity index is 1040. The minimum atomic E-state index is 0.598. The second kappa shape index (κ2) is 10.6. The van der Waals surface area contributed by atoms with Crippen LogP contribution in [0.4, 0.5) is 0 Å². The number of hydrogen-bond acceptors (Lipinski definition) is 1. The second-order valence-corrected chi connectivity index (χ2v) is 9.51. The summed E-state index contributed by atoms with van der Waals surface area (Å²) in [5, 5.41) is 9.00. The van der Waals surface area contributed by atoms with Crippen molar-refractivity contribution in [1.82, 2.24) is 0 Å². The van der Waals surface area contributed by atoms with Gasteiger partial charge >= 0.3 is 0 Å². The third kappa shape index (κ3) is 5.96. The highest BCUT2D eigenvalue weighted by Gasteiger charge is 2.25. The summed E-state index contributed by atoms with van der Waals surface area (Å²) < 4.78 is 1.12. The van der Waals surface area contributed by atoms with Crippen LogP contribution in [-0.2, 0) is 6.42 Å². The van der Waals surface area contributed by atoms with Gasteiger partial charge in [-0.25, -0.2) is 0 Å². The molecule has 0 saturated heterocycles. The molecule has 0 amide bonds. The maximum Gasteiger partial charge on any atom is 0.0991 e. The molecule has 0 aromatic heterocycles. The molecule has 0 N–H and O–H groups in total. The first-order chi connectivity index (χ1) is 15.2. The van der Waals surface area contributed by atoms with Crippen LogP contribution < -0.4 is 0 Å². The summed E-state index contributed by atoms with van der Waals surface area (Å²) in [4.78, 5) is 0. The van der Waals surface area contributed by atoms with E-state index in [2.05, 4.69) is 94.8 Å². The standard InChI is InChI=1S/C29H28BrN/c30-28-17-15-26(16-18-28)29(20-23-5-2-1-3-6-23)27-8-4-7-24(19-27)12-9-22-10-13-25(21-31)14-11-22/h1-3,5-6,10-11,13-18,20,24,27H,4,7-9,12,19H2/t24-,27-/m0/s1. The van der Waals surface area contributed by atoms with Crippen LogP contribution in [0.15, 0.2) is 83.3 Å². The van der Waals surface area contributed by atoms with Crippen LogP contribution in [0.1, 0.15) is 54.4 Å². The van der Waals surface area contributed by atoms with Crippen molar-refractivity contribution in [1.29, 1.82) is 5.26 Å². The van der Waals surface area contributed by atoms with E-state index in [9.17, 15) is 0 Å². The van der Waals surface area contributed by atoms with E-state index >= 15 is 0 Å². The summed E-state index contributed by atoms with van der Waals surface area (Å²) >= 11 is 3.58. The monoisotopic (exact) mass is 469 g/mol. The zero-order valence-corrected chi connectivity index (χ0v) is 19.4. The molecule has 1 saturated carbocycles. The predicted octanol–water partition coefficient (Wildman–Crippen LogP) is 8.30. The Kier molecular flexibility index (Phi) is 7.39. The number of nitriles is 1. The Morgan fingerprint density at radius 3 is 2.39 bits per heavy atom. The van der Waals surface area contributed by atoms with E-state index in [1.807, 2.05) is 12.1 Å². The van der Waals surface area contributed by atoms with E-state index in [0.717, 1.165) is 22.4 Å². The lowest BCUT2D eigenvalue weighted by molar-refractivity contribution is 0.296. The fourth-order valence-electron chi connectivity index (χ4n) is 4.76. The molecule has 0 heterocycles. The van der Waals surface area contributed by atoms with Gasteiger partial charge in [-0.2, -0.15) is 5.26 Å². The van der Waals surface area contributed by atoms with Crippen LogP contribution >= 0.6 is 15.9 Å². The molecule has 0 aliphatic heterocycles. The minimum absolute atomic E-state index is 0.598. The third-order valence-electron chi connectivity index (χ3n) is 6.45. The number of aryl methyl sites for hydroxylation is 1. The van der Waals surface area contributed by atoms with Gasteiger partial charge in [0.15, 0.2) is 0 Å². The van der Waals surface area contributed by atoms with E-state index in [4.69, 9.17) is 5.26 Å². The van der Waals surface area contributed by atoms with E-state index in [0.29, 0.717) is 5.92 Å². The van der Waals surface area contributed by atoms with Gasteiger partial charge in [-0.15, -0.1) is 0 Å². The summed E-state index contributed by atoms with van der Waals surface area (Å²) in [6.07, 6.45) is 9.86. The van der Waals surface area contributed by atoms with Gasteiger partial charge in [0, 0.05) is 4.47 Å². The van der Waals surface area contributed by atoms with E-state index in [1.54, 1.807) is 0 Å². The van der Waals surface area contributed by atoms with Crippen molar-refractivity contribution in [2.24, 2.45) is 11.8 Å². The molecular formula is C29H28BrN. The first kappa shape index (κ1) is 21.6. The van der Waals surface area contributed by atoms with Gasteiger partial charge in [0.2, 0.25) is 0 Å². The second-order valence-electron chi connectivity index (χ2n) is 8.59. The van der Waals surface area contributed by atoms with Crippen LogP contribution in [0, 0.1) is 23.2 Å². The van der Waals surface area contributed by atoms with Gasteiger partial charge in [0.1, 0.15) is 0 Å². The summed E-state index contributed by atoms with van der Waals surface area (Å²) in [6, 6.07) is 29.8. The minimum Gasteiger partial charge on any atom is -0.192 e. The SMILES string of the molecule is N#Cc1ccc(CC[C@@H]2CCC[C@H](C(=Cc3ccccc3)c3ccc(Br)cc3)C2)cc1. The fraction of sp³-hybridized carbons (Fsp3) is 0.276. The van der Waals surface area contributed by atoms with Crippen molar-refractivity contribution in [3.05, 3.63) is 106 Å². The third-order valence-corrected chi connectivity index (χ3v) is 6.97. The van der Waals surface area contributed by atoms with Crippen molar-refractivity contribution >= 4 is 27.6 Å². The van der Waals surface area contributed by atoms with E-state index in [-0.39, 0.29) is 0 Å². The molecule has 1 nitrogen and oxygen atoms in total. The lowest BCUT2D eigenvalue weighted by atomic mass is 9.74. The molecule has 3 aromatic rings.